The molecule has 0 amide bonds. The van der Waals surface area contributed by atoms with Gasteiger partial charge in [0.15, 0.2) is 6.29 Å². The van der Waals surface area contributed by atoms with Gasteiger partial charge in [0, 0.05) is 19.8 Å². The van der Waals surface area contributed by atoms with Crippen LogP contribution in [-0.2, 0) is 9.47 Å². The molecule has 0 unspecified atom stereocenters. The van der Waals surface area contributed by atoms with Gasteiger partial charge >= 0.3 is 5.97 Å². The third-order valence-corrected chi connectivity index (χ3v) is 4.13. The van der Waals surface area contributed by atoms with Gasteiger partial charge in [-0.3, -0.25) is 0 Å². The summed E-state index contributed by atoms with van der Waals surface area (Å²) in [5.74, 6) is 0.0513. The van der Waals surface area contributed by atoms with Gasteiger partial charge < -0.3 is 24.1 Å². The van der Waals surface area contributed by atoms with Crippen molar-refractivity contribution in [2.24, 2.45) is 0 Å². The van der Waals surface area contributed by atoms with Crippen LogP contribution in [0.15, 0.2) is 36.4 Å². The molecule has 6 nitrogen and oxygen atoms in total. The fourth-order valence-electron chi connectivity index (χ4n) is 2.67. The first-order chi connectivity index (χ1) is 13.0. The van der Waals surface area contributed by atoms with Crippen molar-refractivity contribution in [2.45, 2.75) is 33.0 Å². The lowest BCUT2D eigenvalue weighted by molar-refractivity contribution is -0.107. The summed E-state index contributed by atoms with van der Waals surface area (Å²) in [6.45, 7) is 4.12. The van der Waals surface area contributed by atoms with E-state index in [2.05, 4.69) is 0 Å². The first kappa shape index (κ1) is 20.7. The van der Waals surface area contributed by atoms with E-state index in [0.717, 1.165) is 12.8 Å². The highest BCUT2D eigenvalue weighted by Gasteiger charge is 2.26. The van der Waals surface area contributed by atoms with Crippen LogP contribution >= 0.6 is 0 Å². The van der Waals surface area contributed by atoms with E-state index in [1.165, 1.54) is 14.2 Å². The van der Waals surface area contributed by atoms with Gasteiger partial charge in [0.2, 0.25) is 0 Å². The molecule has 0 bridgehead atoms. The highest BCUT2D eigenvalue weighted by atomic mass is 16.7. The van der Waals surface area contributed by atoms with Gasteiger partial charge in [-0.15, -0.1) is 0 Å². The highest BCUT2D eigenvalue weighted by molar-refractivity contribution is 5.96. The van der Waals surface area contributed by atoms with Crippen molar-refractivity contribution in [1.82, 2.24) is 0 Å². The number of para-hydroxylation sites is 1. The average Bonchev–Trinajstić information content (AvgIpc) is 2.67. The molecule has 1 N–H and O–H groups in total. The van der Waals surface area contributed by atoms with Crippen molar-refractivity contribution < 1.29 is 28.8 Å². The summed E-state index contributed by atoms with van der Waals surface area (Å²) in [5, 5.41) is 10.6. The predicted molar refractivity (Wildman–Crippen MR) is 101 cm³/mol. The maximum atomic E-state index is 12.8. The minimum Gasteiger partial charge on any atom is -0.507 e. The maximum absolute atomic E-state index is 12.8. The van der Waals surface area contributed by atoms with Crippen LogP contribution in [0.25, 0.3) is 0 Å². The van der Waals surface area contributed by atoms with Crippen LogP contribution in [0, 0.1) is 6.92 Å². The van der Waals surface area contributed by atoms with E-state index < -0.39 is 12.3 Å². The lowest BCUT2D eigenvalue weighted by Gasteiger charge is -2.21. The average molecular weight is 374 g/mol. The van der Waals surface area contributed by atoms with Crippen molar-refractivity contribution in [3.63, 3.8) is 0 Å². The van der Waals surface area contributed by atoms with Crippen LogP contribution < -0.4 is 9.47 Å². The van der Waals surface area contributed by atoms with Crippen LogP contribution in [0.1, 0.15) is 47.5 Å². The summed E-state index contributed by atoms with van der Waals surface area (Å²) in [4.78, 5) is 12.8. The topological polar surface area (TPSA) is 74.2 Å². The summed E-state index contributed by atoms with van der Waals surface area (Å²) in [6.07, 6.45) is 1.00. The Morgan fingerprint density at radius 2 is 1.81 bits per heavy atom. The molecule has 0 aliphatic rings. The molecule has 0 spiro atoms. The fourth-order valence-corrected chi connectivity index (χ4v) is 2.67. The Labute approximate surface area is 159 Å². The second-order valence-corrected chi connectivity index (χ2v) is 6.02. The van der Waals surface area contributed by atoms with Crippen molar-refractivity contribution in [1.29, 1.82) is 0 Å². The summed E-state index contributed by atoms with van der Waals surface area (Å²) in [5.41, 5.74) is 0.918. The normalized spacial score (nSPS) is 10.9. The van der Waals surface area contributed by atoms with Crippen LogP contribution in [-0.4, -0.2) is 31.9 Å². The zero-order valence-corrected chi connectivity index (χ0v) is 16.2. The molecule has 146 valence electrons. The monoisotopic (exact) mass is 374 g/mol. The number of benzene rings is 2. The molecule has 0 aliphatic carbocycles. The zero-order chi connectivity index (χ0) is 19.8. The number of hydrogen-bond acceptors (Lipinski definition) is 6. The van der Waals surface area contributed by atoms with Gasteiger partial charge in [-0.1, -0.05) is 31.5 Å². The van der Waals surface area contributed by atoms with E-state index in [1.807, 2.05) is 13.0 Å². The van der Waals surface area contributed by atoms with Gasteiger partial charge in [-0.25, -0.2) is 4.79 Å². The van der Waals surface area contributed by atoms with Crippen molar-refractivity contribution in [2.75, 3.05) is 20.8 Å². The number of carbonyl (C=O) groups is 1. The summed E-state index contributed by atoms with van der Waals surface area (Å²) < 4.78 is 21.8. The lowest BCUT2D eigenvalue weighted by atomic mass is 10.0. The molecular weight excluding hydrogens is 348 g/mol. The number of unbranched alkanes of at least 4 members (excludes halogenated alkanes) is 1. The van der Waals surface area contributed by atoms with Crippen LogP contribution in [0.4, 0.5) is 0 Å². The number of methoxy groups -OCH3 is 2. The number of carbonyl (C=O) groups excluding carboxylic acids is 1. The zero-order valence-electron chi connectivity index (χ0n) is 16.2. The molecule has 27 heavy (non-hydrogen) atoms. The van der Waals surface area contributed by atoms with Crippen molar-refractivity contribution in [3.05, 3.63) is 53.1 Å². The number of phenolic OH excluding ortho intramolecular Hbond substituents is 1. The lowest BCUT2D eigenvalue weighted by Crippen LogP contribution is -2.15. The molecule has 6 heteroatoms. The molecule has 0 aromatic heterocycles. The Morgan fingerprint density at radius 1 is 1.15 bits per heavy atom. The Kier molecular flexibility index (Phi) is 7.64. The SMILES string of the molecule is CCCCOc1cc(C(OC)OC)c(O)c(C)c1C(=O)Oc1ccccc1. The Morgan fingerprint density at radius 3 is 2.41 bits per heavy atom. The number of esters is 1. The molecule has 0 saturated heterocycles. The molecule has 0 atom stereocenters. The Balaban J connectivity index is 2.46. The van der Waals surface area contributed by atoms with Gasteiger partial charge in [0.25, 0.3) is 0 Å². The quantitative estimate of drug-likeness (QED) is 0.304. The van der Waals surface area contributed by atoms with Crippen LogP contribution in [0.2, 0.25) is 0 Å². The van der Waals surface area contributed by atoms with E-state index in [0.29, 0.717) is 29.2 Å². The van der Waals surface area contributed by atoms with Gasteiger partial charge in [-0.05, 0) is 31.5 Å². The fraction of sp³-hybridized carbons (Fsp3) is 0.381. The Hall–Kier alpha value is -2.57. The minimum atomic E-state index is -0.781. The smallest absolute Gasteiger partial charge is 0.347 e. The predicted octanol–water partition coefficient (Wildman–Crippen LogP) is 4.39. The molecule has 2 rings (SSSR count). The minimum absolute atomic E-state index is 0.0912. The number of ether oxygens (including phenoxy) is 4. The highest BCUT2D eigenvalue weighted by Crippen LogP contribution is 2.38. The van der Waals surface area contributed by atoms with E-state index in [1.54, 1.807) is 37.3 Å². The van der Waals surface area contributed by atoms with Gasteiger partial charge in [-0.2, -0.15) is 0 Å². The number of rotatable bonds is 9. The van der Waals surface area contributed by atoms with E-state index in [9.17, 15) is 9.90 Å². The van der Waals surface area contributed by atoms with Crippen molar-refractivity contribution >= 4 is 5.97 Å². The number of phenols is 1. The third-order valence-electron chi connectivity index (χ3n) is 4.13. The number of aromatic hydroxyl groups is 1. The largest absolute Gasteiger partial charge is 0.507 e. The molecule has 2 aromatic carbocycles. The summed E-state index contributed by atoms with van der Waals surface area (Å²) >= 11 is 0. The Bertz CT molecular complexity index is 753. The van der Waals surface area contributed by atoms with Crippen LogP contribution in [0.3, 0.4) is 0 Å². The maximum Gasteiger partial charge on any atom is 0.347 e. The molecule has 0 fully saturated rings. The van der Waals surface area contributed by atoms with E-state index >= 15 is 0 Å². The summed E-state index contributed by atoms with van der Waals surface area (Å²) in [6, 6.07) is 10.3. The van der Waals surface area contributed by atoms with Gasteiger partial charge in [0.05, 0.1) is 12.2 Å². The first-order valence-corrected chi connectivity index (χ1v) is 8.85. The third kappa shape index (κ3) is 4.99. The van der Waals surface area contributed by atoms with Crippen molar-refractivity contribution in [3.8, 4) is 17.2 Å². The summed E-state index contributed by atoms with van der Waals surface area (Å²) in [7, 11) is 2.94. The molecule has 0 radical (unpaired) electrons. The van der Waals surface area contributed by atoms with E-state index in [4.69, 9.17) is 18.9 Å². The number of hydrogen-bond donors (Lipinski definition) is 1. The van der Waals surface area contributed by atoms with E-state index in [-0.39, 0.29) is 11.3 Å². The standard InChI is InChI=1S/C21H26O6/c1-5-6-12-26-17-13-16(21(24-3)25-4)19(22)14(2)18(17)20(23)27-15-10-8-7-9-11-15/h7-11,13,21-22H,5-6,12H2,1-4H3. The van der Waals surface area contributed by atoms with Crippen LogP contribution in [0.5, 0.6) is 17.2 Å². The second kappa shape index (κ2) is 9.94. The molecule has 0 heterocycles. The first-order valence-electron chi connectivity index (χ1n) is 8.85. The molecule has 0 aliphatic heterocycles. The molecular formula is C21H26O6. The molecule has 0 saturated carbocycles. The second-order valence-electron chi connectivity index (χ2n) is 6.02. The molecule has 2 aromatic rings. The van der Waals surface area contributed by atoms with Gasteiger partial charge in [0.1, 0.15) is 22.8 Å².